The lowest BCUT2D eigenvalue weighted by Crippen LogP contribution is -2.38. The molecule has 1 N–H and O–H groups in total. The third-order valence-electron chi connectivity index (χ3n) is 4.15. The highest BCUT2D eigenvalue weighted by molar-refractivity contribution is 5.19. The SMILES string of the molecule is CNC1CN([C@H](C)c2ccccc2)CC1(C)C. The summed E-state index contributed by atoms with van der Waals surface area (Å²) < 4.78 is 0. The van der Waals surface area contributed by atoms with Gasteiger partial charge in [-0.25, -0.2) is 0 Å². The molecular weight excluding hydrogens is 208 g/mol. The van der Waals surface area contributed by atoms with Gasteiger partial charge in [0.1, 0.15) is 0 Å². The van der Waals surface area contributed by atoms with Crippen molar-refractivity contribution in [1.29, 1.82) is 0 Å². The number of nitrogens with one attached hydrogen (secondary N) is 1. The zero-order valence-electron chi connectivity index (χ0n) is 11.4. The van der Waals surface area contributed by atoms with Gasteiger partial charge in [-0.15, -0.1) is 0 Å². The molecule has 1 aromatic carbocycles. The molecule has 0 amide bonds. The van der Waals surface area contributed by atoms with E-state index in [1.165, 1.54) is 5.56 Å². The summed E-state index contributed by atoms with van der Waals surface area (Å²) in [6.45, 7) is 9.31. The molecule has 1 heterocycles. The number of benzene rings is 1. The van der Waals surface area contributed by atoms with E-state index in [0.717, 1.165) is 13.1 Å². The van der Waals surface area contributed by atoms with E-state index in [9.17, 15) is 0 Å². The Morgan fingerprint density at radius 2 is 1.94 bits per heavy atom. The van der Waals surface area contributed by atoms with Gasteiger partial charge in [0.25, 0.3) is 0 Å². The predicted octanol–water partition coefficient (Wildman–Crippen LogP) is 2.68. The first-order chi connectivity index (χ1) is 8.04. The minimum absolute atomic E-state index is 0.359. The van der Waals surface area contributed by atoms with Gasteiger partial charge in [-0.2, -0.15) is 0 Å². The summed E-state index contributed by atoms with van der Waals surface area (Å²) in [7, 11) is 2.07. The van der Waals surface area contributed by atoms with E-state index in [2.05, 4.69) is 68.4 Å². The van der Waals surface area contributed by atoms with Gasteiger partial charge in [0.15, 0.2) is 0 Å². The molecule has 0 aromatic heterocycles. The molecule has 0 radical (unpaired) electrons. The number of rotatable bonds is 3. The van der Waals surface area contributed by atoms with E-state index < -0.39 is 0 Å². The Bertz CT molecular complexity index is 358. The maximum absolute atomic E-state index is 3.45. The van der Waals surface area contributed by atoms with Gasteiger partial charge < -0.3 is 5.32 Å². The number of nitrogens with zero attached hydrogens (tertiary/aromatic N) is 1. The van der Waals surface area contributed by atoms with E-state index in [1.807, 2.05) is 0 Å². The van der Waals surface area contributed by atoms with Crippen molar-refractivity contribution in [2.45, 2.75) is 32.9 Å². The Labute approximate surface area is 105 Å². The molecule has 1 aliphatic heterocycles. The average molecular weight is 232 g/mol. The molecule has 1 unspecified atom stereocenters. The summed E-state index contributed by atoms with van der Waals surface area (Å²) in [4.78, 5) is 2.58. The molecule has 1 aliphatic rings. The molecule has 2 rings (SSSR count). The van der Waals surface area contributed by atoms with Gasteiger partial charge in [0.2, 0.25) is 0 Å². The molecule has 94 valence electrons. The fraction of sp³-hybridized carbons (Fsp3) is 0.600. The topological polar surface area (TPSA) is 15.3 Å². The third-order valence-corrected chi connectivity index (χ3v) is 4.15. The van der Waals surface area contributed by atoms with Gasteiger partial charge in [-0.1, -0.05) is 44.2 Å². The van der Waals surface area contributed by atoms with E-state index >= 15 is 0 Å². The quantitative estimate of drug-likeness (QED) is 0.862. The summed E-state index contributed by atoms with van der Waals surface area (Å²) in [5.41, 5.74) is 1.78. The Morgan fingerprint density at radius 3 is 2.47 bits per heavy atom. The summed E-state index contributed by atoms with van der Waals surface area (Å²) in [6.07, 6.45) is 0. The van der Waals surface area contributed by atoms with Crippen molar-refractivity contribution in [2.75, 3.05) is 20.1 Å². The van der Waals surface area contributed by atoms with Gasteiger partial charge in [0, 0.05) is 25.2 Å². The zero-order valence-corrected chi connectivity index (χ0v) is 11.4. The van der Waals surface area contributed by atoms with Crippen molar-refractivity contribution >= 4 is 0 Å². The zero-order chi connectivity index (χ0) is 12.5. The molecular formula is C15H24N2. The summed E-state index contributed by atoms with van der Waals surface area (Å²) in [5.74, 6) is 0. The molecule has 1 aromatic rings. The number of hydrogen-bond acceptors (Lipinski definition) is 2. The lowest BCUT2D eigenvalue weighted by Gasteiger charge is -2.26. The maximum atomic E-state index is 3.45. The second kappa shape index (κ2) is 4.79. The smallest absolute Gasteiger partial charge is 0.0320 e. The van der Waals surface area contributed by atoms with Gasteiger partial charge in [-0.3, -0.25) is 4.90 Å². The Kier molecular flexibility index (Phi) is 3.55. The van der Waals surface area contributed by atoms with Crippen LogP contribution in [0.2, 0.25) is 0 Å². The molecule has 17 heavy (non-hydrogen) atoms. The largest absolute Gasteiger partial charge is 0.315 e. The molecule has 1 fully saturated rings. The molecule has 0 spiro atoms. The van der Waals surface area contributed by atoms with Crippen molar-refractivity contribution in [1.82, 2.24) is 10.2 Å². The van der Waals surface area contributed by atoms with Crippen LogP contribution in [0.15, 0.2) is 30.3 Å². The van der Waals surface area contributed by atoms with Crippen LogP contribution in [-0.4, -0.2) is 31.1 Å². The van der Waals surface area contributed by atoms with Crippen LogP contribution in [-0.2, 0) is 0 Å². The van der Waals surface area contributed by atoms with E-state index in [4.69, 9.17) is 0 Å². The van der Waals surface area contributed by atoms with Crippen LogP contribution < -0.4 is 5.32 Å². The first-order valence-electron chi connectivity index (χ1n) is 6.51. The lowest BCUT2D eigenvalue weighted by atomic mass is 9.88. The molecule has 1 saturated heterocycles. The Hall–Kier alpha value is -0.860. The van der Waals surface area contributed by atoms with Gasteiger partial charge in [-0.05, 0) is 24.9 Å². The van der Waals surface area contributed by atoms with Crippen LogP contribution in [0.3, 0.4) is 0 Å². The highest BCUT2D eigenvalue weighted by Crippen LogP contribution is 2.34. The monoisotopic (exact) mass is 232 g/mol. The van der Waals surface area contributed by atoms with Crippen LogP contribution in [0.25, 0.3) is 0 Å². The van der Waals surface area contributed by atoms with Crippen molar-refractivity contribution in [2.24, 2.45) is 5.41 Å². The van der Waals surface area contributed by atoms with E-state index in [-0.39, 0.29) is 0 Å². The molecule has 0 saturated carbocycles. The highest BCUT2D eigenvalue weighted by Gasteiger charge is 2.39. The molecule has 2 nitrogen and oxygen atoms in total. The second-order valence-electron chi connectivity index (χ2n) is 5.85. The predicted molar refractivity (Wildman–Crippen MR) is 73.1 cm³/mol. The number of likely N-dealkylation sites (tertiary alicyclic amines) is 1. The minimum atomic E-state index is 0.359. The van der Waals surface area contributed by atoms with Crippen molar-refractivity contribution in [3.63, 3.8) is 0 Å². The van der Waals surface area contributed by atoms with Crippen molar-refractivity contribution in [3.05, 3.63) is 35.9 Å². The second-order valence-corrected chi connectivity index (χ2v) is 5.85. The highest BCUT2D eigenvalue weighted by atomic mass is 15.2. The van der Waals surface area contributed by atoms with Gasteiger partial charge >= 0.3 is 0 Å². The number of hydrogen-bond donors (Lipinski definition) is 1. The average Bonchev–Trinajstić information content (AvgIpc) is 2.64. The minimum Gasteiger partial charge on any atom is -0.315 e. The van der Waals surface area contributed by atoms with Crippen LogP contribution in [0.1, 0.15) is 32.4 Å². The summed E-state index contributed by atoms with van der Waals surface area (Å²) in [6, 6.07) is 11.9. The lowest BCUT2D eigenvalue weighted by molar-refractivity contribution is 0.232. The summed E-state index contributed by atoms with van der Waals surface area (Å²) >= 11 is 0. The molecule has 2 atom stereocenters. The van der Waals surface area contributed by atoms with Gasteiger partial charge in [0.05, 0.1) is 0 Å². The fourth-order valence-corrected chi connectivity index (χ4v) is 2.90. The van der Waals surface area contributed by atoms with Crippen LogP contribution in [0.4, 0.5) is 0 Å². The normalized spacial score (nSPS) is 26.0. The Balaban J connectivity index is 2.10. The fourth-order valence-electron chi connectivity index (χ4n) is 2.90. The standard InChI is InChI=1S/C15H24N2/c1-12(13-8-6-5-7-9-13)17-10-14(16-4)15(2,3)11-17/h5-9,12,14,16H,10-11H2,1-4H3/t12-,14?/m1/s1. The number of likely N-dealkylation sites (N-methyl/N-ethyl adjacent to an activating group) is 1. The summed E-state index contributed by atoms with van der Waals surface area (Å²) in [5, 5.41) is 3.45. The first-order valence-corrected chi connectivity index (χ1v) is 6.51. The van der Waals surface area contributed by atoms with Crippen molar-refractivity contribution in [3.8, 4) is 0 Å². The molecule has 0 bridgehead atoms. The molecule has 2 heteroatoms. The van der Waals surface area contributed by atoms with E-state index in [0.29, 0.717) is 17.5 Å². The van der Waals surface area contributed by atoms with Crippen LogP contribution in [0.5, 0.6) is 0 Å². The first kappa shape index (κ1) is 12.6. The third kappa shape index (κ3) is 2.53. The molecule has 0 aliphatic carbocycles. The maximum Gasteiger partial charge on any atom is 0.0320 e. The van der Waals surface area contributed by atoms with E-state index in [1.54, 1.807) is 0 Å². The van der Waals surface area contributed by atoms with Crippen LogP contribution >= 0.6 is 0 Å². The van der Waals surface area contributed by atoms with Crippen LogP contribution in [0, 0.1) is 5.41 Å². The van der Waals surface area contributed by atoms with Crippen molar-refractivity contribution < 1.29 is 0 Å². The Morgan fingerprint density at radius 1 is 1.29 bits per heavy atom.